The minimum Gasteiger partial charge on any atom is -0.480 e. The largest absolute Gasteiger partial charge is 0.480 e. The van der Waals surface area contributed by atoms with Crippen molar-refractivity contribution in [1.29, 1.82) is 0 Å². The number of carboxylic acid groups (broad SMARTS) is 1. The summed E-state index contributed by atoms with van der Waals surface area (Å²) in [6.07, 6.45) is 4.40. The van der Waals surface area contributed by atoms with Crippen molar-refractivity contribution >= 4 is 17.1 Å². The third kappa shape index (κ3) is 1.61. The van der Waals surface area contributed by atoms with Gasteiger partial charge >= 0.3 is 5.97 Å². The fraction of sp³-hybridized carbons (Fsp3) is 0.0909. The molecule has 3 heterocycles. The minimum absolute atomic E-state index is 0.233. The van der Waals surface area contributed by atoms with E-state index < -0.39 is 5.97 Å². The molecule has 0 amide bonds. The number of furan rings is 1. The van der Waals surface area contributed by atoms with E-state index in [2.05, 4.69) is 15.0 Å². The van der Waals surface area contributed by atoms with E-state index >= 15 is 0 Å². The Morgan fingerprint density at radius 2 is 2.39 bits per heavy atom. The number of hydrogen-bond donors (Lipinski definition) is 1. The van der Waals surface area contributed by atoms with Gasteiger partial charge in [-0.1, -0.05) is 0 Å². The molecule has 0 fully saturated rings. The minimum atomic E-state index is -0.972. The summed E-state index contributed by atoms with van der Waals surface area (Å²) in [7, 11) is 0. The summed E-state index contributed by atoms with van der Waals surface area (Å²) in [6.45, 7) is -0.233. The third-order valence-electron chi connectivity index (χ3n) is 2.45. The van der Waals surface area contributed by atoms with Crippen LogP contribution in [0.1, 0.15) is 0 Å². The van der Waals surface area contributed by atoms with E-state index in [9.17, 15) is 4.79 Å². The number of carboxylic acids is 1. The van der Waals surface area contributed by atoms with Gasteiger partial charge in [-0.05, 0) is 12.1 Å². The molecule has 0 aliphatic heterocycles. The maximum atomic E-state index is 10.9. The second kappa shape index (κ2) is 3.95. The number of aromatic nitrogens is 4. The Balaban J connectivity index is 2.26. The van der Waals surface area contributed by atoms with Crippen LogP contribution in [0.4, 0.5) is 0 Å². The van der Waals surface area contributed by atoms with Gasteiger partial charge in [0.25, 0.3) is 0 Å². The molecule has 0 saturated carbocycles. The zero-order valence-corrected chi connectivity index (χ0v) is 9.15. The maximum absolute atomic E-state index is 10.9. The topological polar surface area (TPSA) is 94.0 Å². The van der Waals surface area contributed by atoms with Gasteiger partial charge in [-0.25, -0.2) is 15.0 Å². The lowest BCUT2D eigenvalue weighted by atomic mass is 10.4. The van der Waals surface area contributed by atoms with E-state index in [0.29, 0.717) is 22.7 Å². The lowest BCUT2D eigenvalue weighted by molar-refractivity contribution is -0.137. The molecule has 0 aliphatic rings. The van der Waals surface area contributed by atoms with Crippen molar-refractivity contribution < 1.29 is 14.3 Å². The summed E-state index contributed by atoms with van der Waals surface area (Å²) in [5, 5.41) is 8.94. The predicted octanol–water partition coefficient (Wildman–Crippen LogP) is 1.17. The molecular weight excluding hydrogens is 236 g/mol. The van der Waals surface area contributed by atoms with Crippen molar-refractivity contribution in [3.63, 3.8) is 0 Å². The van der Waals surface area contributed by atoms with Crippen molar-refractivity contribution in [2.24, 2.45) is 0 Å². The van der Waals surface area contributed by atoms with Crippen LogP contribution in [0.25, 0.3) is 22.7 Å². The van der Waals surface area contributed by atoms with E-state index in [1.807, 2.05) is 0 Å². The van der Waals surface area contributed by atoms with E-state index in [4.69, 9.17) is 9.52 Å². The number of nitrogens with zero attached hydrogens (tertiary/aromatic N) is 4. The van der Waals surface area contributed by atoms with E-state index in [-0.39, 0.29) is 6.54 Å². The molecule has 0 bridgehead atoms. The lowest BCUT2D eigenvalue weighted by Crippen LogP contribution is -2.10. The normalized spacial score (nSPS) is 10.9. The number of rotatable bonds is 3. The van der Waals surface area contributed by atoms with E-state index in [0.717, 1.165) is 0 Å². The van der Waals surface area contributed by atoms with Crippen LogP contribution in [-0.2, 0) is 11.3 Å². The molecule has 0 saturated heterocycles. The molecule has 7 nitrogen and oxygen atoms in total. The van der Waals surface area contributed by atoms with E-state index in [1.165, 1.54) is 23.4 Å². The number of imidazole rings is 1. The van der Waals surface area contributed by atoms with Crippen LogP contribution in [0.2, 0.25) is 0 Å². The van der Waals surface area contributed by atoms with Gasteiger partial charge in [-0.15, -0.1) is 0 Å². The van der Waals surface area contributed by atoms with Gasteiger partial charge in [-0.3, -0.25) is 9.36 Å². The summed E-state index contributed by atoms with van der Waals surface area (Å²) < 4.78 is 6.73. The Kier molecular flexibility index (Phi) is 2.30. The molecule has 18 heavy (non-hydrogen) atoms. The summed E-state index contributed by atoms with van der Waals surface area (Å²) >= 11 is 0. The zero-order chi connectivity index (χ0) is 12.5. The predicted molar refractivity (Wildman–Crippen MR) is 60.7 cm³/mol. The van der Waals surface area contributed by atoms with Crippen molar-refractivity contribution in [2.75, 3.05) is 0 Å². The number of fused-ring (bicyclic) bond motifs is 1. The number of carbonyl (C=O) groups is 1. The van der Waals surface area contributed by atoms with Crippen molar-refractivity contribution in [1.82, 2.24) is 19.5 Å². The first kappa shape index (κ1) is 10.5. The quantitative estimate of drug-likeness (QED) is 0.743. The first-order valence-corrected chi connectivity index (χ1v) is 5.17. The highest BCUT2D eigenvalue weighted by Crippen LogP contribution is 2.23. The summed E-state index contributed by atoms with van der Waals surface area (Å²) in [6, 6.07) is 3.43. The molecule has 3 aromatic rings. The van der Waals surface area contributed by atoms with Crippen LogP contribution < -0.4 is 0 Å². The fourth-order valence-corrected chi connectivity index (χ4v) is 1.76. The molecule has 0 radical (unpaired) electrons. The molecular formula is C11H8N4O3. The van der Waals surface area contributed by atoms with Crippen LogP contribution in [0.15, 0.2) is 35.3 Å². The van der Waals surface area contributed by atoms with Crippen LogP contribution >= 0.6 is 0 Å². The highest BCUT2D eigenvalue weighted by atomic mass is 16.4. The van der Waals surface area contributed by atoms with Crippen molar-refractivity contribution in [2.45, 2.75) is 6.54 Å². The Morgan fingerprint density at radius 1 is 1.50 bits per heavy atom. The van der Waals surface area contributed by atoms with Gasteiger partial charge in [0, 0.05) is 0 Å². The van der Waals surface area contributed by atoms with Gasteiger partial charge in [-0.2, -0.15) is 0 Å². The molecule has 90 valence electrons. The SMILES string of the molecule is O=C(O)Cn1c(-c2ccco2)nc2cncnc21. The van der Waals surface area contributed by atoms with Crippen LogP contribution in [0.3, 0.4) is 0 Å². The second-order valence-corrected chi connectivity index (χ2v) is 3.62. The van der Waals surface area contributed by atoms with E-state index in [1.54, 1.807) is 12.1 Å². The Hall–Kier alpha value is -2.70. The monoisotopic (exact) mass is 244 g/mol. The van der Waals surface area contributed by atoms with Crippen molar-refractivity contribution in [3.05, 3.63) is 30.9 Å². The molecule has 0 aliphatic carbocycles. The van der Waals surface area contributed by atoms with Gasteiger partial charge in [0.1, 0.15) is 18.4 Å². The van der Waals surface area contributed by atoms with Crippen molar-refractivity contribution in [3.8, 4) is 11.6 Å². The number of aliphatic carboxylic acids is 1. The first-order valence-electron chi connectivity index (χ1n) is 5.17. The highest BCUT2D eigenvalue weighted by molar-refractivity contribution is 5.78. The number of hydrogen-bond acceptors (Lipinski definition) is 5. The molecule has 0 atom stereocenters. The summed E-state index contributed by atoms with van der Waals surface area (Å²) in [5.74, 6) is -0.0483. The molecule has 0 aromatic carbocycles. The third-order valence-corrected chi connectivity index (χ3v) is 2.45. The molecule has 7 heteroatoms. The lowest BCUT2D eigenvalue weighted by Gasteiger charge is -2.02. The fourth-order valence-electron chi connectivity index (χ4n) is 1.76. The molecule has 3 rings (SSSR count). The standard InChI is InChI=1S/C11H8N4O3/c16-9(17)5-15-10-7(4-12-6-13-10)14-11(15)8-2-1-3-18-8/h1-4,6H,5H2,(H,16,17). The smallest absolute Gasteiger partial charge is 0.323 e. The Morgan fingerprint density at radius 3 is 3.11 bits per heavy atom. The van der Waals surface area contributed by atoms with Gasteiger partial charge in [0.2, 0.25) is 0 Å². The molecule has 1 N–H and O–H groups in total. The average Bonchev–Trinajstić information content (AvgIpc) is 2.96. The van der Waals surface area contributed by atoms with Crippen LogP contribution in [0.5, 0.6) is 0 Å². The molecule has 0 unspecified atom stereocenters. The molecule has 0 spiro atoms. The Bertz CT molecular complexity index is 702. The average molecular weight is 244 g/mol. The highest BCUT2D eigenvalue weighted by Gasteiger charge is 2.17. The zero-order valence-electron chi connectivity index (χ0n) is 9.15. The molecule has 3 aromatic heterocycles. The Labute approximate surface area is 101 Å². The van der Waals surface area contributed by atoms with Gasteiger partial charge in [0.15, 0.2) is 17.2 Å². The van der Waals surface area contributed by atoms with Gasteiger partial charge < -0.3 is 9.52 Å². The second-order valence-electron chi connectivity index (χ2n) is 3.62. The van der Waals surface area contributed by atoms with Crippen LogP contribution in [-0.4, -0.2) is 30.6 Å². The van der Waals surface area contributed by atoms with Crippen LogP contribution in [0, 0.1) is 0 Å². The summed E-state index contributed by atoms with van der Waals surface area (Å²) in [5.41, 5.74) is 1.00. The first-order chi connectivity index (χ1) is 8.75. The maximum Gasteiger partial charge on any atom is 0.323 e. The summed E-state index contributed by atoms with van der Waals surface area (Å²) in [4.78, 5) is 23.1. The van der Waals surface area contributed by atoms with Gasteiger partial charge in [0.05, 0.1) is 12.5 Å².